The molecule has 2 nitrogen and oxygen atoms in total. The van der Waals surface area contributed by atoms with Crippen LogP contribution in [-0.2, 0) is 5.54 Å². The number of nitrogens with zero attached hydrogens (tertiary/aromatic N) is 1. The van der Waals surface area contributed by atoms with Gasteiger partial charge >= 0.3 is 0 Å². The van der Waals surface area contributed by atoms with Crippen LogP contribution in [0.25, 0.3) is 10.6 Å². The van der Waals surface area contributed by atoms with E-state index < -0.39 is 0 Å². The van der Waals surface area contributed by atoms with E-state index in [1.54, 1.807) is 22.7 Å². The van der Waals surface area contributed by atoms with Gasteiger partial charge in [0.25, 0.3) is 0 Å². The molecule has 0 radical (unpaired) electrons. The quantitative estimate of drug-likeness (QED) is 0.903. The van der Waals surface area contributed by atoms with Crippen LogP contribution in [0, 0.1) is 6.92 Å². The van der Waals surface area contributed by atoms with Gasteiger partial charge in [0.1, 0.15) is 5.01 Å². The van der Waals surface area contributed by atoms with Gasteiger partial charge in [-0.25, -0.2) is 4.98 Å². The Balaban J connectivity index is 2.44. The Kier molecular flexibility index (Phi) is 3.15. The van der Waals surface area contributed by atoms with Gasteiger partial charge in [-0.1, -0.05) is 13.0 Å². The van der Waals surface area contributed by atoms with Crippen molar-refractivity contribution in [3.05, 3.63) is 27.4 Å². The second kappa shape index (κ2) is 4.28. The molecule has 2 heterocycles. The minimum absolute atomic E-state index is 0.301. The first-order chi connectivity index (χ1) is 7.54. The zero-order valence-electron chi connectivity index (χ0n) is 9.78. The Morgan fingerprint density at radius 2 is 2.25 bits per heavy atom. The lowest BCUT2D eigenvalue weighted by Gasteiger charge is -2.18. The normalized spacial score (nSPS) is 15.0. The van der Waals surface area contributed by atoms with E-state index in [-0.39, 0.29) is 5.54 Å². The molecule has 2 N–H and O–H groups in total. The maximum absolute atomic E-state index is 6.22. The molecular weight excluding hydrogens is 236 g/mol. The zero-order valence-corrected chi connectivity index (χ0v) is 11.4. The molecular formula is C12H16N2S2. The highest BCUT2D eigenvalue weighted by Crippen LogP contribution is 2.34. The molecule has 1 atom stereocenters. The highest BCUT2D eigenvalue weighted by atomic mass is 32.1. The van der Waals surface area contributed by atoms with Crippen LogP contribution in [-0.4, -0.2) is 4.98 Å². The molecule has 0 aliphatic heterocycles. The predicted octanol–water partition coefficient (Wildman–Crippen LogP) is 3.76. The van der Waals surface area contributed by atoms with E-state index in [4.69, 9.17) is 10.7 Å². The van der Waals surface area contributed by atoms with E-state index in [0.29, 0.717) is 0 Å². The lowest BCUT2D eigenvalue weighted by atomic mass is 10.0. The van der Waals surface area contributed by atoms with Crippen molar-refractivity contribution in [3.63, 3.8) is 0 Å². The van der Waals surface area contributed by atoms with Crippen LogP contribution in [0.4, 0.5) is 0 Å². The Morgan fingerprint density at radius 3 is 2.81 bits per heavy atom. The zero-order chi connectivity index (χ0) is 11.8. The summed E-state index contributed by atoms with van der Waals surface area (Å²) in [6, 6.07) is 4.16. The summed E-state index contributed by atoms with van der Waals surface area (Å²) in [4.78, 5) is 7.18. The Morgan fingerprint density at radius 1 is 1.50 bits per heavy atom. The first-order valence-electron chi connectivity index (χ1n) is 5.35. The van der Waals surface area contributed by atoms with Crippen molar-refractivity contribution in [1.29, 1.82) is 0 Å². The molecule has 0 aliphatic rings. The molecule has 0 spiro atoms. The van der Waals surface area contributed by atoms with Gasteiger partial charge in [0.15, 0.2) is 0 Å². The maximum atomic E-state index is 6.22. The summed E-state index contributed by atoms with van der Waals surface area (Å²) >= 11 is 3.44. The van der Waals surface area contributed by atoms with Crippen LogP contribution in [0.15, 0.2) is 17.5 Å². The summed E-state index contributed by atoms with van der Waals surface area (Å²) in [7, 11) is 0. The van der Waals surface area contributed by atoms with Gasteiger partial charge in [-0.05, 0) is 31.7 Å². The van der Waals surface area contributed by atoms with E-state index in [1.165, 1.54) is 9.75 Å². The van der Waals surface area contributed by atoms with Crippen molar-refractivity contribution in [3.8, 4) is 10.6 Å². The van der Waals surface area contributed by atoms with Crippen LogP contribution >= 0.6 is 22.7 Å². The largest absolute Gasteiger partial charge is 0.320 e. The lowest BCUT2D eigenvalue weighted by molar-refractivity contribution is 0.474. The van der Waals surface area contributed by atoms with Gasteiger partial charge in [-0.15, -0.1) is 22.7 Å². The second-order valence-corrected chi connectivity index (χ2v) is 6.32. The fourth-order valence-corrected chi connectivity index (χ4v) is 3.33. The predicted molar refractivity (Wildman–Crippen MR) is 72.0 cm³/mol. The molecule has 0 fully saturated rings. The van der Waals surface area contributed by atoms with Gasteiger partial charge < -0.3 is 5.73 Å². The van der Waals surface area contributed by atoms with Gasteiger partial charge in [0.2, 0.25) is 0 Å². The second-order valence-electron chi connectivity index (χ2n) is 4.17. The molecule has 16 heavy (non-hydrogen) atoms. The van der Waals surface area contributed by atoms with E-state index >= 15 is 0 Å². The minimum atomic E-state index is -0.301. The molecule has 0 saturated carbocycles. The SMILES string of the molecule is CCC(C)(N)c1nc(-c2cccs2)c(C)s1. The molecule has 0 aromatic carbocycles. The van der Waals surface area contributed by atoms with Gasteiger partial charge in [0.05, 0.1) is 16.1 Å². The van der Waals surface area contributed by atoms with Crippen LogP contribution in [0.2, 0.25) is 0 Å². The third-order valence-corrected chi connectivity index (χ3v) is 4.90. The fourth-order valence-electron chi connectivity index (χ4n) is 1.43. The molecule has 0 amide bonds. The lowest BCUT2D eigenvalue weighted by Crippen LogP contribution is -2.31. The minimum Gasteiger partial charge on any atom is -0.320 e. The van der Waals surface area contributed by atoms with Crippen molar-refractivity contribution in [1.82, 2.24) is 4.98 Å². The number of thiazole rings is 1. The van der Waals surface area contributed by atoms with Crippen molar-refractivity contribution >= 4 is 22.7 Å². The average Bonchev–Trinajstić information content (AvgIpc) is 2.86. The third kappa shape index (κ3) is 2.05. The van der Waals surface area contributed by atoms with Gasteiger partial charge in [-0.2, -0.15) is 0 Å². The van der Waals surface area contributed by atoms with Crippen molar-refractivity contribution in [2.75, 3.05) is 0 Å². The number of aromatic nitrogens is 1. The average molecular weight is 252 g/mol. The molecule has 0 bridgehead atoms. The molecule has 86 valence electrons. The van der Waals surface area contributed by atoms with Gasteiger partial charge in [-0.3, -0.25) is 0 Å². The van der Waals surface area contributed by atoms with Crippen LogP contribution in [0.5, 0.6) is 0 Å². The Hall–Kier alpha value is -0.710. The maximum Gasteiger partial charge on any atom is 0.113 e. The summed E-state index contributed by atoms with van der Waals surface area (Å²) in [5, 5.41) is 3.12. The van der Waals surface area contributed by atoms with E-state index in [9.17, 15) is 0 Å². The van der Waals surface area contributed by atoms with Crippen LogP contribution in [0.3, 0.4) is 0 Å². The summed E-state index contributed by atoms with van der Waals surface area (Å²) in [5.41, 5.74) is 7.02. The number of hydrogen-bond acceptors (Lipinski definition) is 4. The molecule has 2 aromatic rings. The number of hydrogen-bond donors (Lipinski definition) is 1. The molecule has 2 aromatic heterocycles. The molecule has 0 aliphatic carbocycles. The van der Waals surface area contributed by atoms with Crippen molar-refractivity contribution in [2.24, 2.45) is 5.73 Å². The summed E-state index contributed by atoms with van der Waals surface area (Å²) in [6.45, 7) is 6.26. The number of nitrogens with two attached hydrogens (primary N) is 1. The summed E-state index contributed by atoms with van der Waals surface area (Å²) in [6.07, 6.45) is 0.907. The summed E-state index contributed by atoms with van der Waals surface area (Å²) < 4.78 is 0. The van der Waals surface area contributed by atoms with E-state index in [2.05, 4.69) is 31.4 Å². The Labute approximate surface area is 104 Å². The first-order valence-corrected chi connectivity index (χ1v) is 7.05. The summed E-state index contributed by atoms with van der Waals surface area (Å²) in [5.74, 6) is 0. The molecule has 4 heteroatoms. The Bertz CT molecular complexity index is 469. The fraction of sp³-hybridized carbons (Fsp3) is 0.417. The highest BCUT2D eigenvalue weighted by Gasteiger charge is 2.24. The topological polar surface area (TPSA) is 38.9 Å². The van der Waals surface area contributed by atoms with Gasteiger partial charge in [0, 0.05) is 4.88 Å². The standard InChI is InChI=1S/C12H16N2S2/c1-4-12(3,13)11-14-10(8(2)16-11)9-6-5-7-15-9/h5-7H,4,13H2,1-3H3. The van der Waals surface area contributed by atoms with E-state index in [0.717, 1.165) is 17.1 Å². The van der Waals surface area contributed by atoms with Crippen LogP contribution in [0.1, 0.15) is 30.2 Å². The highest BCUT2D eigenvalue weighted by molar-refractivity contribution is 7.15. The first kappa shape index (κ1) is 11.8. The smallest absolute Gasteiger partial charge is 0.113 e. The van der Waals surface area contributed by atoms with Crippen molar-refractivity contribution < 1.29 is 0 Å². The third-order valence-electron chi connectivity index (χ3n) is 2.77. The molecule has 2 rings (SSSR count). The van der Waals surface area contributed by atoms with E-state index in [1.807, 2.05) is 6.92 Å². The number of aryl methyl sites for hydroxylation is 1. The van der Waals surface area contributed by atoms with Crippen molar-refractivity contribution in [2.45, 2.75) is 32.7 Å². The number of thiophene rings is 1. The molecule has 1 unspecified atom stereocenters. The monoisotopic (exact) mass is 252 g/mol. The molecule has 0 saturated heterocycles. The number of rotatable bonds is 3. The van der Waals surface area contributed by atoms with Crippen LogP contribution < -0.4 is 5.73 Å².